The largest absolute Gasteiger partial charge is 0.244 e. The van der Waals surface area contributed by atoms with Crippen LogP contribution in [0.25, 0.3) is 21.7 Å². The van der Waals surface area contributed by atoms with Crippen LogP contribution in [0.2, 0.25) is 0 Å². The van der Waals surface area contributed by atoms with Crippen molar-refractivity contribution in [2.24, 2.45) is 0 Å². The van der Waals surface area contributed by atoms with E-state index in [0.717, 1.165) is 41.1 Å². The summed E-state index contributed by atoms with van der Waals surface area (Å²) < 4.78 is 0. The lowest BCUT2D eigenvalue weighted by molar-refractivity contribution is 0.795. The van der Waals surface area contributed by atoms with E-state index in [0.29, 0.717) is 33.2 Å². The Balaban J connectivity index is 1.63. The molecular weight excluding hydrogens is 468 g/mol. The smallest absolute Gasteiger partial charge is 0.123 e. The molecule has 0 bridgehead atoms. The summed E-state index contributed by atoms with van der Waals surface area (Å²) in [7, 11) is 0. The van der Waals surface area contributed by atoms with Gasteiger partial charge in [-0.25, -0.2) is 9.97 Å². The van der Waals surface area contributed by atoms with Gasteiger partial charge in [0.2, 0.25) is 0 Å². The van der Waals surface area contributed by atoms with Crippen LogP contribution in [0.15, 0.2) is 58.9 Å². The van der Waals surface area contributed by atoms with Crippen molar-refractivity contribution >= 4 is 23.1 Å². The summed E-state index contributed by atoms with van der Waals surface area (Å²) in [6.07, 6.45) is 3.32. The van der Waals surface area contributed by atoms with E-state index in [-0.39, 0.29) is 0 Å². The number of benzene rings is 2. The lowest BCUT2D eigenvalue weighted by Crippen LogP contribution is -2.01. The molecule has 0 aliphatic heterocycles. The molecule has 0 N–H and O–H groups in total. The minimum Gasteiger partial charge on any atom is -0.244 e. The molecular formula is C29H26N4S2. The second-order valence-corrected chi connectivity index (χ2v) is 10.3. The van der Waals surface area contributed by atoms with Crippen molar-refractivity contribution in [1.82, 2.24) is 9.97 Å². The number of thioether (sulfide) groups is 1. The zero-order valence-corrected chi connectivity index (χ0v) is 21.8. The van der Waals surface area contributed by atoms with Crippen molar-refractivity contribution in [2.75, 3.05) is 0 Å². The van der Waals surface area contributed by atoms with E-state index >= 15 is 0 Å². The summed E-state index contributed by atoms with van der Waals surface area (Å²) in [6, 6.07) is 21.2. The zero-order chi connectivity index (χ0) is 24.8. The fourth-order valence-electron chi connectivity index (χ4n) is 3.87. The number of aryl methyl sites for hydroxylation is 3. The molecule has 4 nitrogen and oxygen atoms in total. The van der Waals surface area contributed by atoms with Crippen LogP contribution in [0, 0.1) is 36.5 Å². The minimum absolute atomic E-state index is 0.451. The summed E-state index contributed by atoms with van der Waals surface area (Å²) in [5.74, 6) is 0.602. The number of nitriles is 2. The molecule has 0 aliphatic rings. The fraction of sp³-hybridized carbons (Fsp3) is 0.241. The van der Waals surface area contributed by atoms with Gasteiger partial charge in [0, 0.05) is 22.3 Å². The highest BCUT2D eigenvalue weighted by molar-refractivity contribution is 7.98. The van der Waals surface area contributed by atoms with E-state index in [1.165, 1.54) is 22.9 Å². The first-order valence-electron chi connectivity index (χ1n) is 11.6. The molecule has 2 heterocycles. The average molecular weight is 495 g/mol. The number of hydrogen-bond donors (Lipinski definition) is 0. The molecule has 6 heteroatoms. The summed E-state index contributed by atoms with van der Waals surface area (Å²) in [6.45, 7) is 6.09. The molecule has 0 aliphatic carbocycles. The van der Waals surface area contributed by atoms with E-state index in [1.807, 2.05) is 19.1 Å². The Morgan fingerprint density at radius 2 is 1.57 bits per heavy atom. The van der Waals surface area contributed by atoms with Gasteiger partial charge in [-0.15, -0.1) is 11.3 Å². The predicted octanol–water partition coefficient (Wildman–Crippen LogP) is 7.87. The van der Waals surface area contributed by atoms with Crippen LogP contribution in [0.4, 0.5) is 0 Å². The molecule has 174 valence electrons. The molecule has 0 saturated heterocycles. The van der Waals surface area contributed by atoms with Crippen molar-refractivity contribution in [1.29, 1.82) is 10.5 Å². The maximum absolute atomic E-state index is 10.1. The van der Waals surface area contributed by atoms with Gasteiger partial charge in [0.1, 0.15) is 22.2 Å². The second-order valence-electron chi connectivity index (χ2n) is 8.45. The third kappa shape index (κ3) is 5.62. The van der Waals surface area contributed by atoms with Crippen LogP contribution in [0.1, 0.15) is 53.4 Å². The average Bonchev–Trinajstić information content (AvgIpc) is 3.35. The number of hydrogen-bond acceptors (Lipinski definition) is 6. The normalized spacial score (nSPS) is 10.7. The lowest BCUT2D eigenvalue weighted by atomic mass is 9.94. The Bertz CT molecular complexity index is 1410. The van der Waals surface area contributed by atoms with Crippen LogP contribution in [0.3, 0.4) is 0 Å². The van der Waals surface area contributed by atoms with Gasteiger partial charge in [-0.3, -0.25) is 0 Å². The monoisotopic (exact) mass is 494 g/mol. The SMILES string of the molecule is CCCCc1ccc(-c2c(C#N)c(C)nc(SCc3csc(-c4ccc(C)cc4)n3)c2C#N)cc1. The van der Waals surface area contributed by atoms with Gasteiger partial charge in [0.15, 0.2) is 0 Å². The number of pyridine rings is 1. The van der Waals surface area contributed by atoms with Crippen molar-refractivity contribution in [3.8, 4) is 33.8 Å². The first-order chi connectivity index (χ1) is 17.0. The molecule has 0 spiro atoms. The molecule has 0 saturated carbocycles. The number of rotatable bonds is 8. The standard InChI is InChI=1S/C29H26N4S2/c1-4-5-6-21-9-13-22(14-10-21)27-25(15-30)20(3)32-29(26(27)16-31)35-18-24-17-34-28(33-24)23-11-7-19(2)8-12-23/h7-14,17H,4-6,18H2,1-3H3. The summed E-state index contributed by atoms with van der Waals surface area (Å²) >= 11 is 3.11. The number of thiazole rings is 1. The van der Waals surface area contributed by atoms with E-state index in [4.69, 9.17) is 4.98 Å². The Morgan fingerprint density at radius 1 is 0.886 bits per heavy atom. The highest BCUT2D eigenvalue weighted by atomic mass is 32.2. The minimum atomic E-state index is 0.451. The molecule has 0 atom stereocenters. The molecule has 4 rings (SSSR count). The maximum atomic E-state index is 10.1. The van der Waals surface area contributed by atoms with Crippen LogP contribution < -0.4 is 0 Å². The zero-order valence-electron chi connectivity index (χ0n) is 20.1. The number of nitrogens with zero attached hydrogens (tertiary/aromatic N) is 4. The molecule has 35 heavy (non-hydrogen) atoms. The molecule has 0 radical (unpaired) electrons. The summed E-state index contributed by atoms with van der Waals surface area (Å²) in [4.78, 5) is 9.43. The first kappa shape index (κ1) is 24.7. The van der Waals surface area contributed by atoms with Crippen LogP contribution >= 0.6 is 23.1 Å². The molecule has 2 aromatic carbocycles. The van der Waals surface area contributed by atoms with Crippen molar-refractivity contribution in [2.45, 2.75) is 50.8 Å². The Morgan fingerprint density at radius 3 is 2.23 bits per heavy atom. The topological polar surface area (TPSA) is 73.4 Å². The van der Waals surface area contributed by atoms with E-state index in [9.17, 15) is 10.5 Å². The van der Waals surface area contributed by atoms with E-state index in [1.54, 1.807) is 11.3 Å². The highest BCUT2D eigenvalue weighted by Crippen LogP contribution is 2.36. The van der Waals surface area contributed by atoms with Crippen molar-refractivity contribution in [3.63, 3.8) is 0 Å². The van der Waals surface area contributed by atoms with Gasteiger partial charge < -0.3 is 0 Å². The Hall–Kier alpha value is -3.45. The molecule has 0 unspecified atom stereocenters. The predicted molar refractivity (Wildman–Crippen MR) is 144 cm³/mol. The van der Waals surface area contributed by atoms with Gasteiger partial charge >= 0.3 is 0 Å². The van der Waals surface area contributed by atoms with Crippen molar-refractivity contribution in [3.05, 3.63) is 87.6 Å². The fourth-order valence-corrected chi connectivity index (χ4v) is 5.73. The summed E-state index contributed by atoms with van der Waals surface area (Å²) in [5.41, 5.74) is 7.63. The molecule has 0 fully saturated rings. The van der Waals surface area contributed by atoms with Gasteiger partial charge in [-0.2, -0.15) is 10.5 Å². The third-order valence-corrected chi connectivity index (χ3v) is 7.79. The highest BCUT2D eigenvalue weighted by Gasteiger charge is 2.20. The van der Waals surface area contributed by atoms with Crippen LogP contribution in [-0.4, -0.2) is 9.97 Å². The van der Waals surface area contributed by atoms with E-state index in [2.05, 4.69) is 72.7 Å². The Labute approximate surface area is 215 Å². The number of aromatic nitrogens is 2. The van der Waals surface area contributed by atoms with Gasteiger partial charge in [0.05, 0.1) is 22.5 Å². The third-order valence-electron chi connectivity index (χ3n) is 5.84. The van der Waals surface area contributed by atoms with E-state index < -0.39 is 0 Å². The van der Waals surface area contributed by atoms with Crippen LogP contribution in [-0.2, 0) is 12.2 Å². The van der Waals surface area contributed by atoms with Gasteiger partial charge in [0.25, 0.3) is 0 Å². The van der Waals surface area contributed by atoms with Crippen LogP contribution in [0.5, 0.6) is 0 Å². The molecule has 4 aromatic rings. The summed E-state index contributed by atoms with van der Waals surface area (Å²) in [5, 5.41) is 23.6. The lowest BCUT2D eigenvalue weighted by Gasteiger charge is -2.13. The quantitative estimate of drug-likeness (QED) is 0.233. The molecule has 0 amide bonds. The Kier molecular flexibility index (Phi) is 7.98. The first-order valence-corrected chi connectivity index (χ1v) is 13.5. The second kappa shape index (κ2) is 11.3. The molecule has 2 aromatic heterocycles. The van der Waals surface area contributed by atoms with Gasteiger partial charge in [-0.05, 0) is 37.8 Å². The van der Waals surface area contributed by atoms with Gasteiger partial charge in [-0.1, -0.05) is 79.2 Å². The maximum Gasteiger partial charge on any atom is 0.123 e. The number of unbranched alkanes of at least 4 members (excludes halogenated alkanes) is 1. The van der Waals surface area contributed by atoms with Crippen molar-refractivity contribution < 1.29 is 0 Å².